The van der Waals surface area contributed by atoms with Gasteiger partial charge in [0.2, 0.25) is 0 Å². The third-order valence-electron chi connectivity index (χ3n) is 10.2. The first-order valence-corrected chi connectivity index (χ1v) is 22.0. The van der Waals surface area contributed by atoms with Gasteiger partial charge in [-0.1, -0.05) is 119 Å². The highest BCUT2D eigenvalue weighted by Crippen LogP contribution is 2.41. The third kappa shape index (κ3) is 8.91. The molecule has 3 aromatic rings. The molecule has 0 fully saturated rings. The minimum atomic E-state index is -1.78. The number of carbonyl (C=O) groups is 1. The van der Waals surface area contributed by atoms with Crippen LogP contribution in [0.3, 0.4) is 0 Å². The van der Waals surface area contributed by atoms with Gasteiger partial charge in [-0.2, -0.15) is 0 Å². The van der Waals surface area contributed by atoms with E-state index in [2.05, 4.69) is 142 Å². The first-order chi connectivity index (χ1) is 22.7. The molecule has 0 aromatic heterocycles. The van der Waals surface area contributed by atoms with Gasteiger partial charge in [0.25, 0.3) is 0 Å². The summed E-state index contributed by atoms with van der Waals surface area (Å²) >= 11 is 0. The average molecular weight is 667 g/mol. The number of hydrogen-bond acceptors (Lipinski definition) is 1. The van der Waals surface area contributed by atoms with Crippen LogP contribution in [-0.2, 0) is 0 Å². The lowest BCUT2D eigenvalue weighted by molar-refractivity contribution is 0.112. The van der Waals surface area contributed by atoms with Gasteiger partial charge < -0.3 is 0 Å². The Bertz CT molecular complexity index is 1760. The van der Waals surface area contributed by atoms with Gasteiger partial charge >= 0.3 is 0 Å². The fraction of sp³-hybridized carbons (Fsp3) is 0.400. The minimum Gasteiger partial charge on any atom is -0.298 e. The molecule has 0 saturated carbocycles. The van der Waals surface area contributed by atoms with Crippen LogP contribution in [0.2, 0.25) is 33.2 Å². The molecular weight excluding hydrogens is 613 g/mol. The van der Waals surface area contributed by atoms with E-state index in [1.165, 1.54) is 0 Å². The summed E-state index contributed by atoms with van der Waals surface area (Å²) in [5.74, 6) is 19.9. The Morgan fingerprint density at radius 3 is 1.04 bits per heavy atom. The van der Waals surface area contributed by atoms with Crippen LogP contribution in [0.15, 0.2) is 66.7 Å². The second-order valence-corrected chi connectivity index (χ2v) is 26.0. The second-order valence-electron chi connectivity index (χ2n) is 14.9. The normalized spacial score (nSPS) is 11.5. The van der Waals surface area contributed by atoms with Crippen molar-refractivity contribution in [2.45, 2.75) is 116 Å². The van der Waals surface area contributed by atoms with Crippen LogP contribution < -0.4 is 0 Å². The maximum atomic E-state index is 12.0. The zero-order valence-corrected chi connectivity index (χ0v) is 33.3. The highest BCUT2D eigenvalue weighted by molar-refractivity contribution is 6.91. The van der Waals surface area contributed by atoms with E-state index in [-0.39, 0.29) is 0 Å². The van der Waals surface area contributed by atoms with E-state index < -0.39 is 16.1 Å². The molecular formula is C45H54OSi2. The van der Waals surface area contributed by atoms with Gasteiger partial charge in [-0.25, -0.2) is 0 Å². The molecule has 0 saturated heterocycles. The summed E-state index contributed by atoms with van der Waals surface area (Å²) in [6, 6.07) is 21.9. The molecule has 48 heavy (non-hydrogen) atoms. The lowest BCUT2D eigenvalue weighted by Gasteiger charge is -2.38. The van der Waals surface area contributed by atoms with Crippen LogP contribution in [0, 0.1) is 46.6 Å². The first kappa shape index (κ1) is 38.5. The predicted molar refractivity (Wildman–Crippen MR) is 213 cm³/mol. The highest BCUT2D eigenvalue weighted by Gasteiger charge is 2.42. The van der Waals surface area contributed by atoms with Gasteiger partial charge in [0.15, 0.2) is 6.29 Å². The number of benzene rings is 3. The van der Waals surface area contributed by atoms with E-state index in [0.29, 0.717) is 44.4 Å². The Hall–Kier alpha value is -4.00. The zero-order valence-electron chi connectivity index (χ0n) is 31.3. The van der Waals surface area contributed by atoms with Crippen LogP contribution >= 0.6 is 0 Å². The van der Waals surface area contributed by atoms with E-state index in [0.717, 1.165) is 34.1 Å². The standard InChI is InChI=1S/C45H54OSi2/c1-33(2)47(34(3)4,35(5)6)29-27-41-17-13-39(14-18-41)21-22-43-24-26-44(45(31-43)32-46)25-23-40-15-19-42(20-16-40)28-30-48(36(7)8,37(9)10)38(11)12/h13-20,24,26,31-38H,1-12H3. The van der Waals surface area contributed by atoms with Crippen molar-refractivity contribution in [2.75, 3.05) is 0 Å². The zero-order chi connectivity index (χ0) is 35.6. The van der Waals surface area contributed by atoms with Crippen LogP contribution in [0.1, 0.15) is 127 Å². The Morgan fingerprint density at radius 1 is 0.417 bits per heavy atom. The SMILES string of the molecule is CC(C)[Si](C#Cc1ccc(C#Cc2ccc(C#Cc3ccc(C#C[Si](C(C)C)(C(C)C)C(C)C)cc3)c(C=O)c2)cc1)(C(C)C)C(C)C. The number of hydrogen-bond donors (Lipinski definition) is 0. The van der Waals surface area contributed by atoms with Gasteiger partial charge in [-0.15, -0.1) is 11.1 Å². The van der Waals surface area contributed by atoms with E-state index >= 15 is 0 Å². The Morgan fingerprint density at radius 2 is 0.708 bits per heavy atom. The monoisotopic (exact) mass is 666 g/mol. The lowest BCUT2D eigenvalue weighted by atomic mass is 10.0. The third-order valence-corrected chi connectivity index (χ3v) is 22.8. The fourth-order valence-corrected chi connectivity index (χ4v) is 18.1. The highest BCUT2D eigenvalue weighted by atomic mass is 28.3. The summed E-state index contributed by atoms with van der Waals surface area (Å²) in [6.07, 6.45) is 0.852. The van der Waals surface area contributed by atoms with Gasteiger partial charge in [-0.05, 0) is 100.0 Å². The minimum absolute atomic E-state index is 0.535. The number of rotatable bonds is 7. The van der Waals surface area contributed by atoms with Crippen molar-refractivity contribution in [2.24, 2.45) is 0 Å². The molecule has 3 heteroatoms. The largest absolute Gasteiger partial charge is 0.298 e. The molecule has 1 nitrogen and oxygen atoms in total. The van der Waals surface area contributed by atoms with Crippen molar-refractivity contribution in [3.05, 3.63) is 106 Å². The average Bonchev–Trinajstić information content (AvgIpc) is 3.03. The summed E-state index contributed by atoms with van der Waals surface area (Å²) in [5.41, 5.74) is 17.0. The van der Waals surface area contributed by atoms with Crippen molar-refractivity contribution in [3.8, 4) is 46.6 Å². The molecule has 0 unspecified atom stereocenters. The first-order valence-electron chi connectivity index (χ1n) is 17.6. The summed E-state index contributed by atoms with van der Waals surface area (Å²) in [5, 5.41) is 0. The topological polar surface area (TPSA) is 17.1 Å². The molecule has 0 aliphatic carbocycles. The van der Waals surface area contributed by atoms with E-state index in [1.807, 2.05) is 54.6 Å². The molecule has 0 atom stereocenters. The van der Waals surface area contributed by atoms with Crippen molar-refractivity contribution >= 4 is 22.4 Å². The van der Waals surface area contributed by atoms with Crippen LogP contribution in [0.4, 0.5) is 0 Å². The molecule has 0 amide bonds. The van der Waals surface area contributed by atoms with Crippen molar-refractivity contribution in [3.63, 3.8) is 0 Å². The van der Waals surface area contributed by atoms with Gasteiger partial charge in [-0.3, -0.25) is 4.79 Å². The molecule has 0 spiro atoms. The smallest absolute Gasteiger partial charge is 0.151 e. The quantitative estimate of drug-likeness (QED) is 0.139. The maximum absolute atomic E-state index is 12.0. The summed E-state index contributed by atoms with van der Waals surface area (Å²) in [7, 11) is -3.56. The Kier molecular flexibility index (Phi) is 13.5. The van der Waals surface area contributed by atoms with Crippen LogP contribution in [0.25, 0.3) is 0 Å². The summed E-state index contributed by atoms with van der Waals surface area (Å²) < 4.78 is 0. The molecule has 3 aromatic carbocycles. The molecule has 0 aliphatic heterocycles. The molecule has 0 radical (unpaired) electrons. The van der Waals surface area contributed by atoms with Gasteiger partial charge in [0, 0.05) is 38.9 Å². The van der Waals surface area contributed by atoms with Crippen molar-refractivity contribution < 1.29 is 4.79 Å². The number of aldehydes is 1. The van der Waals surface area contributed by atoms with E-state index in [9.17, 15) is 4.79 Å². The van der Waals surface area contributed by atoms with Gasteiger partial charge in [0.05, 0.1) is 0 Å². The lowest BCUT2D eigenvalue weighted by Crippen LogP contribution is -2.43. The second kappa shape index (κ2) is 16.9. The molecule has 0 aliphatic rings. The summed E-state index contributed by atoms with van der Waals surface area (Å²) in [6.45, 7) is 28.0. The molecule has 3 rings (SSSR count). The molecule has 0 N–H and O–H groups in total. The predicted octanol–water partition coefficient (Wildman–Crippen LogP) is 11.4. The van der Waals surface area contributed by atoms with E-state index in [1.54, 1.807) is 0 Å². The van der Waals surface area contributed by atoms with Gasteiger partial charge in [0.1, 0.15) is 16.1 Å². The molecule has 248 valence electrons. The Labute approximate surface area is 294 Å². The van der Waals surface area contributed by atoms with Crippen molar-refractivity contribution in [1.29, 1.82) is 0 Å². The summed E-state index contributed by atoms with van der Waals surface area (Å²) in [4.78, 5) is 12.0. The fourth-order valence-electron chi connectivity index (χ4n) is 7.64. The molecule has 0 bridgehead atoms. The maximum Gasteiger partial charge on any atom is 0.151 e. The van der Waals surface area contributed by atoms with Crippen LogP contribution in [-0.4, -0.2) is 22.4 Å². The van der Waals surface area contributed by atoms with E-state index in [4.69, 9.17) is 0 Å². The molecule has 0 heterocycles. The number of carbonyl (C=O) groups excluding carboxylic acids is 1. The Balaban J connectivity index is 1.78. The van der Waals surface area contributed by atoms with Crippen molar-refractivity contribution in [1.82, 2.24) is 0 Å². The van der Waals surface area contributed by atoms with Crippen LogP contribution in [0.5, 0.6) is 0 Å².